The predicted molar refractivity (Wildman–Crippen MR) is 85.5 cm³/mol. The van der Waals surface area contributed by atoms with E-state index in [9.17, 15) is 9.59 Å². The molecular weight excluding hydrogens is 278 g/mol. The van der Waals surface area contributed by atoms with Crippen molar-refractivity contribution in [2.75, 3.05) is 5.32 Å². The molecule has 22 heavy (non-hydrogen) atoms. The molecular formula is C17H19N3O2. The second-order valence-electron chi connectivity index (χ2n) is 5.87. The van der Waals surface area contributed by atoms with Crippen LogP contribution in [0.5, 0.6) is 0 Å². The van der Waals surface area contributed by atoms with Gasteiger partial charge in [-0.1, -0.05) is 19.1 Å². The molecule has 1 heterocycles. The highest BCUT2D eigenvalue weighted by Gasteiger charge is 2.22. The zero-order valence-electron chi connectivity index (χ0n) is 12.8. The van der Waals surface area contributed by atoms with Gasteiger partial charge in [0.15, 0.2) is 5.78 Å². The van der Waals surface area contributed by atoms with Gasteiger partial charge < -0.3 is 5.32 Å². The third kappa shape index (κ3) is 2.79. The zero-order valence-corrected chi connectivity index (χ0v) is 12.8. The first-order valence-electron chi connectivity index (χ1n) is 7.51. The van der Waals surface area contributed by atoms with E-state index in [0.29, 0.717) is 12.8 Å². The molecule has 1 aliphatic heterocycles. The number of benzene rings is 1. The van der Waals surface area contributed by atoms with Gasteiger partial charge in [-0.3, -0.25) is 9.59 Å². The van der Waals surface area contributed by atoms with Crippen LogP contribution in [-0.4, -0.2) is 17.4 Å². The van der Waals surface area contributed by atoms with E-state index in [1.54, 1.807) is 0 Å². The highest BCUT2D eigenvalue weighted by atomic mass is 16.2. The molecule has 1 aliphatic carbocycles. The number of anilines is 1. The van der Waals surface area contributed by atoms with Crippen LogP contribution in [0.2, 0.25) is 0 Å². The number of nitrogens with zero attached hydrogens (tertiary/aromatic N) is 1. The normalized spacial score (nSPS) is 21.7. The van der Waals surface area contributed by atoms with E-state index in [-0.39, 0.29) is 17.6 Å². The fourth-order valence-electron chi connectivity index (χ4n) is 2.84. The minimum Gasteiger partial charge on any atom is -0.359 e. The molecule has 1 amide bonds. The molecule has 1 aromatic rings. The smallest absolute Gasteiger partial charge is 0.240 e. The van der Waals surface area contributed by atoms with Crippen LogP contribution in [0.4, 0.5) is 5.69 Å². The van der Waals surface area contributed by atoms with Crippen LogP contribution >= 0.6 is 0 Å². The third-order valence-corrected chi connectivity index (χ3v) is 4.21. The van der Waals surface area contributed by atoms with Crippen molar-refractivity contribution >= 4 is 23.1 Å². The molecule has 2 N–H and O–H groups in total. The van der Waals surface area contributed by atoms with E-state index < -0.39 is 0 Å². The average molecular weight is 297 g/mol. The largest absolute Gasteiger partial charge is 0.359 e. The molecule has 0 radical (unpaired) electrons. The average Bonchev–Trinajstić information content (AvgIpc) is 2.80. The summed E-state index contributed by atoms with van der Waals surface area (Å²) in [4.78, 5) is 22.8. The summed E-state index contributed by atoms with van der Waals surface area (Å²) in [6.07, 6.45) is 1.84. The van der Waals surface area contributed by atoms with Gasteiger partial charge in [-0.25, -0.2) is 5.43 Å². The second-order valence-corrected chi connectivity index (χ2v) is 5.87. The number of nitrogens with one attached hydrogen (secondary N) is 2. The van der Waals surface area contributed by atoms with Crippen LogP contribution in [0.15, 0.2) is 40.6 Å². The predicted octanol–water partition coefficient (Wildman–Crippen LogP) is 2.60. The number of hydrogen-bond donors (Lipinski definition) is 2. The number of rotatable bonds is 3. The van der Waals surface area contributed by atoms with Crippen LogP contribution in [0, 0.1) is 5.92 Å². The molecule has 1 atom stereocenters. The van der Waals surface area contributed by atoms with E-state index in [2.05, 4.69) is 15.8 Å². The van der Waals surface area contributed by atoms with Crippen molar-refractivity contribution in [2.24, 2.45) is 11.0 Å². The maximum atomic E-state index is 11.5. The quantitative estimate of drug-likeness (QED) is 0.901. The summed E-state index contributed by atoms with van der Waals surface area (Å²) in [5.74, 6) is 0.299. The Morgan fingerprint density at radius 3 is 2.50 bits per heavy atom. The van der Waals surface area contributed by atoms with E-state index in [1.165, 1.54) is 0 Å². The topological polar surface area (TPSA) is 70.6 Å². The summed E-state index contributed by atoms with van der Waals surface area (Å²) in [5, 5.41) is 7.48. The van der Waals surface area contributed by atoms with Gasteiger partial charge in [-0.05, 0) is 31.0 Å². The number of hydrazone groups is 1. The van der Waals surface area contributed by atoms with Crippen molar-refractivity contribution in [2.45, 2.75) is 33.1 Å². The highest BCUT2D eigenvalue weighted by molar-refractivity contribution is 6.05. The van der Waals surface area contributed by atoms with Gasteiger partial charge in [0.1, 0.15) is 0 Å². The lowest BCUT2D eigenvalue weighted by Crippen LogP contribution is -2.31. The summed E-state index contributed by atoms with van der Waals surface area (Å²) >= 11 is 0. The van der Waals surface area contributed by atoms with Crippen LogP contribution in [0.1, 0.15) is 38.7 Å². The van der Waals surface area contributed by atoms with Crippen LogP contribution in [-0.2, 0) is 9.59 Å². The van der Waals surface area contributed by atoms with Gasteiger partial charge in [0.05, 0.1) is 5.71 Å². The van der Waals surface area contributed by atoms with Gasteiger partial charge in [0, 0.05) is 35.7 Å². The lowest BCUT2D eigenvalue weighted by Gasteiger charge is -2.19. The number of Topliss-reactive ketones (excluding diaryl/α,β-unsaturated/α-hetero) is 1. The fraction of sp³-hybridized carbons (Fsp3) is 0.353. The van der Waals surface area contributed by atoms with E-state index in [1.807, 2.05) is 38.1 Å². The molecule has 1 aromatic carbocycles. The molecule has 0 aromatic heterocycles. The van der Waals surface area contributed by atoms with E-state index >= 15 is 0 Å². The van der Waals surface area contributed by atoms with Gasteiger partial charge in [0.2, 0.25) is 5.91 Å². The van der Waals surface area contributed by atoms with E-state index in [4.69, 9.17) is 0 Å². The third-order valence-electron chi connectivity index (χ3n) is 4.21. The van der Waals surface area contributed by atoms with Crippen molar-refractivity contribution in [3.05, 3.63) is 41.1 Å². The van der Waals surface area contributed by atoms with Crippen molar-refractivity contribution in [3.8, 4) is 0 Å². The van der Waals surface area contributed by atoms with Crippen molar-refractivity contribution in [3.63, 3.8) is 0 Å². The standard InChI is InChI=1S/C17H19N3O2/c1-10-9-16(22)19-20-17(10)12-3-5-13(6-4-12)18-14-7-8-15(21)11(14)2/h3-6,10,18H,7-9H2,1-2H3,(H,19,22)/t10-/m0/s1. The maximum Gasteiger partial charge on any atom is 0.240 e. The van der Waals surface area contributed by atoms with Crippen LogP contribution in [0.3, 0.4) is 0 Å². The van der Waals surface area contributed by atoms with Gasteiger partial charge >= 0.3 is 0 Å². The van der Waals surface area contributed by atoms with E-state index in [0.717, 1.165) is 34.7 Å². The monoisotopic (exact) mass is 297 g/mol. The molecule has 0 unspecified atom stereocenters. The summed E-state index contributed by atoms with van der Waals surface area (Å²) in [5.41, 5.74) is 7.24. The molecule has 5 heteroatoms. The number of carbonyl (C=O) groups excluding carboxylic acids is 2. The van der Waals surface area contributed by atoms with Crippen LogP contribution in [0.25, 0.3) is 0 Å². The molecule has 0 spiro atoms. The Morgan fingerprint density at radius 2 is 1.91 bits per heavy atom. The molecule has 3 rings (SSSR count). The van der Waals surface area contributed by atoms with Crippen molar-refractivity contribution < 1.29 is 9.59 Å². The summed E-state index contributed by atoms with van der Waals surface area (Å²) < 4.78 is 0. The Morgan fingerprint density at radius 1 is 1.18 bits per heavy atom. The summed E-state index contributed by atoms with van der Waals surface area (Å²) in [6.45, 7) is 3.87. The Bertz CT molecular complexity index is 686. The summed E-state index contributed by atoms with van der Waals surface area (Å²) in [7, 11) is 0. The molecule has 2 aliphatic rings. The number of amides is 1. The Balaban J connectivity index is 1.76. The van der Waals surface area contributed by atoms with Gasteiger partial charge in [-0.2, -0.15) is 5.10 Å². The first kappa shape index (κ1) is 14.5. The van der Waals surface area contributed by atoms with Crippen molar-refractivity contribution in [1.29, 1.82) is 0 Å². The highest BCUT2D eigenvalue weighted by Crippen LogP contribution is 2.25. The van der Waals surface area contributed by atoms with Gasteiger partial charge in [-0.15, -0.1) is 0 Å². The SMILES string of the molecule is CC1=C(Nc2ccc(C3=NNC(=O)C[C@@H]3C)cc2)CCC1=O. The van der Waals surface area contributed by atoms with Crippen molar-refractivity contribution in [1.82, 2.24) is 5.43 Å². The lowest BCUT2D eigenvalue weighted by atomic mass is 9.94. The lowest BCUT2D eigenvalue weighted by molar-refractivity contribution is -0.122. The molecule has 5 nitrogen and oxygen atoms in total. The first-order valence-corrected chi connectivity index (χ1v) is 7.51. The zero-order chi connectivity index (χ0) is 15.7. The van der Waals surface area contributed by atoms with Gasteiger partial charge in [0.25, 0.3) is 0 Å². The number of ketones is 1. The minimum absolute atomic E-state index is 0.0390. The molecule has 0 fully saturated rings. The molecule has 0 saturated carbocycles. The minimum atomic E-state index is -0.0390. The number of carbonyl (C=O) groups is 2. The molecule has 0 bridgehead atoms. The Kier molecular flexibility index (Phi) is 3.79. The Labute approximate surface area is 129 Å². The Hall–Kier alpha value is -2.43. The number of hydrogen-bond acceptors (Lipinski definition) is 4. The fourth-order valence-corrected chi connectivity index (χ4v) is 2.84. The van der Waals surface area contributed by atoms with Crippen LogP contribution < -0.4 is 10.7 Å². The molecule has 114 valence electrons. The summed E-state index contributed by atoms with van der Waals surface area (Å²) in [6, 6.07) is 7.93. The number of allylic oxidation sites excluding steroid dienone is 2. The first-order chi connectivity index (χ1) is 10.5. The maximum absolute atomic E-state index is 11.5. The molecule has 0 saturated heterocycles. The second kappa shape index (κ2) is 5.75.